The highest BCUT2D eigenvalue weighted by molar-refractivity contribution is 7.89. The van der Waals surface area contributed by atoms with Crippen LogP contribution in [0, 0.1) is 5.92 Å². The van der Waals surface area contributed by atoms with Crippen molar-refractivity contribution in [2.24, 2.45) is 5.92 Å². The first kappa shape index (κ1) is 21.7. The molecule has 0 spiro atoms. The summed E-state index contributed by atoms with van der Waals surface area (Å²) in [6, 6.07) is 6.32. The summed E-state index contributed by atoms with van der Waals surface area (Å²) in [5, 5.41) is 0. The van der Waals surface area contributed by atoms with Gasteiger partial charge >= 0.3 is 0 Å². The van der Waals surface area contributed by atoms with Gasteiger partial charge in [-0.25, -0.2) is 8.42 Å². The summed E-state index contributed by atoms with van der Waals surface area (Å²) >= 11 is 0. The number of ether oxygens (including phenoxy) is 1. The van der Waals surface area contributed by atoms with E-state index in [2.05, 4.69) is 0 Å². The number of rotatable bonds is 6. The van der Waals surface area contributed by atoms with Crippen molar-refractivity contribution in [3.63, 3.8) is 0 Å². The third kappa shape index (κ3) is 4.46. The zero-order valence-corrected chi connectivity index (χ0v) is 18.0. The monoisotopic (exact) mass is 423 g/mol. The molecule has 29 heavy (non-hydrogen) atoms. The maximum atomic E-state index is 12.8. The molecule has 0 saturated carbocycles. The Morgan fingerprint density at radius 3 is 2.41 bits per heavy atom. The average Bonchev–Trinajstić information content (AvgIpc) is 3.10. The molecule has 2 atom stereocenters. The number of anilines is 1. The number of carbonyl (C=O) groups excluding carboxylic acids is 2. The van der Waals surface area contributed by atoms with Crippen LogP contribution in [0.15, 0.2) is 29.2 Å². The molecule has 2 amide bonds. The number of benzene rings is 1. The molecule has 8 nitrogen and oxygen atoms in total. The molecule has 0 N–H and O–H groups in total. The number of carbonyl (C=O) groups is 2. The Labute approximate surface area is 172 Å². The Hall–Kier alpha value is -1.97. The average molecular weight is 424 g/mol. The molecule has 2 heterocycles. The van der Waals surface area contributed by atoms with Gasteiger partial charge in [0.05, 0.1) is 23.5 Å². The molecule has 2 saturated heterocycles. The summed E-state index contributed by atoms with van der Waals surface area (Å²) in [7, 11) is -3.54. The lowest BCUT2D eigenvalue weighted by atomic mass is 10.1. The van der Waals surface area contributed by atoms with Crippen LogP contribution < -0.4 is 4.90 Å². The molecule has 160 valence electrons. The predicted octanol–water partition coefficient (Wildman–Crippen LogP) is 1.32. The molecular weight excluding hydrogens is 394 g/mol. The van der Waals surface area contributed by atoms with Gasteiger partial charge in [-0.3, -0.25) is 9.59 Å². The highest BCUT2D eigenvalue weighted by atomic mass is 32.2. The second-order valence-electron chi connectivity index (χ2n) is 7.45. The van der Waals surface area contributed by atoms with Crippen LogP contribution in [0.1, 0.15) is 27.2 Å². The summed E-state index contributed by atoms with van der Waals surface area (Å²) in [5.41, 5.74) is 0.610. The molecule has 1 aromatic carbocycles. The van der Waals surface area contributed by atoms with Crippen LogP contribution in [0.2, 0.25) is 0 Å². The van der Waals surface area contributed by atoms with Crippen LogP contribution in [-0.2, 0) is 24.3 Å². The Morgan fingerprint density at radius 1 is 1.17 bits per heavy atom. The number of hydrogen-bond donors (Lipinski definition) is 0. The third-order valence-electron chi connectivity index (χ3n) is 5.52. The smallest absolute Gasteiger partial charge is 0.243 e. The first-order chi connectivity index (χ1) is 13.8. The molecular formula is C20H29N3O5S. The van der Waals surface area contributed by atoms with Gasteiger partial charge in [-0.15, -0.1) is 0 Å². The molecule has 9 heteroatoms. The SMILES string of the molecule is CCN(CC)S(=O)(=O)c1ccc(N2C[C@@H](C(=O)N3CCO[C@H](C)C3)CC2=O)cc1. The Morgan fingerprint density at radius 2 is 1.83 bits per heavy atom. The maximum Gasteiger partial charge on any atom is 0.243 e. The van der Waals surface area contributed by atoms with Crippen molar-refractivity contribution in [2.45, 2.75) is 38.2 Å². The van der Waals surface area contributed by atoms with E-state index in [-0.39, 0.29) is 35.2 Å². The van der Waals surface area contributed by atoms with E-state index in [9.17, 15) is 18.0 Å². The second kappa shape index (κ2) is 8.81. The zero-order chi connectivity index (χ0) is 21.2. The second-order valence-corrected chi connectivity index (χ2v) is 9.39. The van der Waals surface area contributed by atoms with Crippen molar-refractivity contribution in [2.75, 3.05) is 44.2 Å². The molecule has 2 fully saturated rings. The van der Waals surface area contributed by atoms with E-state index in [1.165, 1.54) is 16.4 Å². The fourth-order valence-corrected chi connectivity index (χ4v) is 5.37. The lowest BCUT2D eigenvalue weighted by Crippen LogP contribution is -2.47. The van der Waals surface area contributed by atoms with Gasteiger partial charge in [0.25, 0.3) is 0 Å². The van der Waals surface area contributed by atoms with Crippen LogP contribution in [-0.4, -0.2) is 74.9 Å². The zero-order valence-electron chi connectivity index (χ0n) is 17.2. The van der Waals surface area contributed by atoms with E-state index in [0.717, 1.165) is 0 Å². The maximum absolute atomic E-state index is 12.8. The fourth-order valence-electron chi connectivity index (χ4n) is 3.91. The van der Waals surface area contributed by atoms with E-state index in [1.54, 1.807) is 35.8 Å². The molecule has 2 aliphatic heterocycles. The minimum absolute atomic E-state index is 0.00112. The molecule has 2 aliphatic rings. The quantitative estimate of drug-likeness (QED) is 0.689. The van der Waals surface area contributed by atoms with Gasteiger partial charge in [-0.2, -0.15) is 4.31 Å². The molecule has 0 bridgehead atoms. The Balaban J connectivity index is 1.71. The molecule has 0 unspecified atom stereocenters. The van der Waals surface area contributed by atoms with E-state index in [4.69, 9.17) is 4.74 Å². The van der Waals surface area contributed by atoms with Gasteiger partial charge in [0.2, 0.25) is 21.8 Å². The lowest BCUT2D eigenvalue weighted by molar-refractivity contribution is -0.142. The van der Waals surface area contributed by atoms with Gasteiger partial charge in [0.15, 0.2) is 0 Å². The van der Waals surface area contributed by atoms with Crippen LogP contribution in [0.3, 0.4) is 0 Å². The number of sulfonamides is 1. The number of nitrogens with zero attached hydrogens (tertiary/aromatic N) is 3. The normalized spacial score (nSPS) is 23.1. The summed E-state index contributed by atoms with van der Waals surface area (Å²) in [4.78, 5) is 28.9. The van der Waals surface area contributed by atoms with Crippen molar-refractivity contribution in [1.82, 2.24) is 9.21 Å². The summed E-state index contributed by atoms with van der Waals surface area (Å²) in [5.74, 6) is -0.521. The standard InChI is InChI=1S/C20H29N3O5S/c1-4-22(5-2)29(26,27)18-8-6-17(7-9-18)23-14-16(12-19(23)24)20(25)21-10-11-28-15(3)13-21/h6-9,15-16H,4-5,10-14H2,1-3H3/t15-,16+/m1/s1. The largest absolute Gasteiger partial charge is 0.375 e. The molecule has 1 aromatic rings. The number of hydrogen-bond acceptors (Lipinski definition) is 5. The molecule has 0 aromatic heterocycles. The van der Waals surface area contributed by atoms with E-state index < -0.39 is 10.0 Å². The minimum Gasteiger partial charge on any atom is -0.375 e. The van der Waals surface area contributed by atoms with Crippen molar-refractivity contribution >= 4 is 27.5 Å². The van der Waals surface area contributed by atoms with Crippen molar-refractivity contribution in [3.8, 4) is 0 Å². The first-order valence-electron chi connectivity index (χ1n) is 10.1. The fraction of sp³-hybridized carbons (Fsp3) is 0.600. The van der Waals surface area contributed by atoms with Gasteiger partial charge in [0.1, 0.15) is 0 Å². The van der Waals surface area contributed by atoms with Crippen LogP contribution >= 0.6 is 0 Å². The lowest BCUT2D eigenvalue weighted by Gasteiger charge is -2.32. The highest BCUT2D eigenvalue weighted by Gasteiger charge is 2.38. The van der Waals surface area contributed by atoms with Gasteiger partial charge in [0, 0.05) is 44.8 Å². The number of amides is 2. The van der Waals surface area contributed by atoms with E-state index in [0.29, 0.717) is 45.0 Å². The van der Waals surface area contributed by atoms with Gasteiger partial charge < -0.3 is 14.5 Å². The molecule has 3 rings (SSSR count). The van der Waals surface area contributed by atoms with Crippen LogP contribution in [0.5, 0.6) is 0 Å². The Bertz CT molecular complexity index is 851. The van der Waals surface area contributed by atoms with Gasteiger partial charge in [-0.05, 0) is 31.2 Å². The van der Waals surface area contributed by atoms with Crippen molar-refractivity contribution < 1.29 is 22.7 Å². The topological polar surface area (TPSA) is 87.2 Å². The van der Waals surface area contributed by atoms with Gasteiger partial charge in [-0.1, -0.05) is 13.8 Å². The van der Waals surface area contributed by atoms with Crippen LogP contribution in [0.25, 0.3) is 0 Å². The summed E-state index contributed by atoms with van der Waals surface area (Å²) in [6.07, 6.45) is 0.172. The van der Waals surface area contributed by atoms with E-state index in [1.807, 2.05) is 6.92 Å². The van der Waals surface area contributed by atoms with Crippen molar-refractivity contribution in [3.05, 3.63) is 24.3 Å². The predicted molar refractivity (Wildman–Crippen MR) is 109 cm³/mol. The minimum atomic E-state index is -3.54. The van der Waals surface area contributed by atoms with E-state index >= 15 is 0 Å². The Kier molecular flexibility index (Phi) is 6.60. The molecule has 0 radical (unpaired) electrons. The van der Waals surface area contributed by atoms with Crippen molar-refractivity contribution in [1.29, 1.82) is 0 Å². The highest BCUT2D eigenvalue weighted by Crippen LogP contribution is 2.28. The van der Waals surface area contributed by atoms with Crippen LogP contribution in [0.4, 0.5) is 5.69 Å². The summed E-state index contributed by atoms with van der Waals surface area (Å²) < 4.78 is 32.1. The summed E-state index contributed by atoms with van der Waals surface area (Å²) in [6.45, 7) is 8.23. The third-order valence-corrected chi connectivity index (χ3v) is 7.58. The molecule has 0 aliphatic carbocycles. The number of morpholine rings is 1. The first-order valence-corrected chi connectivity index (χ1v) is 11.5.